The molecule has 3 heteroatoms. The van der Waals surface area contributed by atoms with E-state index < -0.39 is 0 Å². The molecule has 1 rings (SSSR count). The molecule has 0 aliphatic heterocycles. The first-order valence-corrected chi connectivity index (χ1v) is 5.26. The number of aromatic nitrogens is 1. The van der Waals surface area contributed by atoms with Crippen LogP contribution in [0.25, 0.3) is 0 Å². The van der Waals surface area contributed by atoms with Gasteiger partial charge < -0.3 is 10.1 Å². The van der Waals surface area contributed by atoms with Crippen LogP contribution in [-0.4, -0.2) is 18.1 Å². The van der Waals surface area contributed by atoms with Crippen LogP contribution in [0.3, 0.4) is 0 Å². The molecule has 1 aromatic rings. The van der Waals surface area contributed by atoms with Crippen LogP contribution in [0.4, 0.5) is 0 Å². The topological polar surface area (TPSA) is 34.1 Å². The van der Waals surface area contributed by atoms with E-state index in [-0.39, 0.29) is 0 Å². The number of nitrogens with zero attached hydrogens (tertiary/aromatic N) is 1. The van der Waals surface area contributed by atoms with E-state index >= 15 is 0 Å². The van der Waals surface area contributed by atoms with E-state index in [1.807, 2.05) is 18.2 Å². The first-order chi connectivity index (χ1) is 7.38. The average molecular weight is 206 g/mol. The summed E-state index contributed by atoms with van der Waals surface area (Å²) in [5, 5.41) is 3.26. The highest BCUT2D eigenvalue weighted by Crippen LogP contribution is 2.13. The lowest BCUT2D eigenvalue weighted by molar-refractivity contribution is 0.308. The molecule has 0 aliphatic rings. The van der Waals surface area contributed by atoms with Crippen molar-refractivity contribution in [3.8, 4) is 5.88 Å². The van der Waals surface area contributed by atoms with Gasteiger partial charge in [0.2, 0.25) is 5.88 Å². The summed E-state index contributed by atoms with van der Waals surface area (Å²) in [5.74, 6) is 0.723. The maximum absolute atomic E-state index is 5.55. The zero-order chi connectivity index (χ0) is 10.9. The second-order valence-corrected chi connectivity index (χ2v) is 3.17. The Morgan fingerprint density at radius 2 is 2.47 bits per heavy atom. The van der Waals surface area contributed by atoms with Gasteiger partial charge in [-0.05, 0) is 19.0 Å². The summed E-state index contributed by atoms with van der Waals surface area (Å²) in [6.07, 6.45) is 4.43. The van der Waals surface area contributed by atoms with E-state index in [9.17, 15) is 0 Å². The van der Waals surface area contributed by atoms with Gasteiger partial charge in [0, 0.05) is 18.3 Å². The largest absolute Gasteiger partial charge is 0.477 e. The van der Waals surface area contributed by atoms with Gasteiger partial charge in [-0.2, -0.15) is 0 Å². The minimum Gasteiger partial charge on any atom is -0.477 e. The standard InChI is InChI=1S/C12H18N2O/c1-3-5-9-15-12-11(10-13-4-2)7-6-8-14-12/h3,6-8,13H,1,4-5,9-10H2,2H3. The molecule has 0 saturated carbocycles. The summed E-state index contributed by atoms with van der Waals surface area (Å²) >= 11 is 0. The third-order valence-corrected chi connectivity index (χ3v) is 1.98. The van der Waals surface area contributed by atoms with E-state index in [4.69, 9.17) is 4.74 Å². The fraction of sp³-hybridized carbons (Fsp3) is 0.417. The normalized spacial score (nSPS) is 9.93. The van der Waals surface area contributed by atoms with E-state index in [1.54, 1.807) is 6.20 Å². The number of hydrogen-bond acceptors (Lipinski definition) is 3. The molecule has 0 fully saturated rings. The summed E-state index contributed by atoms with van der Waals surface area (Å²) in [6.45, 7) is 8.11. The first-order valence-electron chi connectivity index (χ1n) is 5.26. The van der Waals surface area contributed by atoms with Gasteiger partial charge >= 0.3 is 0 Å². The van der Waals surface area contributed by atoms with Gasteiger partial charge in [0.1, 0.15) is 0 Å². The fourth-order valence-electron chi connectivity index (χ4n) is 1.19. The Balaban J connectivity index is 2.55. The highest BCUT2D eigenvalue weighted by atomic mass is 16.5. The second kappa shape index (κ2) is 7.01. The van der Waals surface area contributed by atoms with Crippen molar-refractivity contribution in [2.24, 2.45) is 0 Å². The van der Waals surface area contributed by atoms with Crippen LogP contribution in [0.15, 0.2) is 31.0 Å². The molecule has 3 nitrogen and oxygen atoms in total. The average Bonchev–Trinajstić information content (AvgIpc) is 2.28. The number of nitrogens with one attached hydrogen (secondary N) is 1. The third kappa shape index (κ3) is 4.13. The molecule has 0 saturated heterocycles. The summed E-state index contributed by atoms with van der Waals surface area (Å²) in [6, 6.07) is 3.95. The Hall–Kier alpha value is -1.35. The van der Waals surface area contributed by atoms with Crippen LogP contribution in [0.5, 0.6) is 5.88 Å². The Bertz CT molecular complexity index is 299. The lowest BCUT2D eigenvalue weighted by Crippen LogP contribution is -2.13. The highest BCUT2D eigenvalue weighted by molar-refractivity contribution is 5.25. The monoisotopic (exact) mass is 206 g/mol. The summed E-state index contributed by atoms with van der Waals surface area (Å²) < 4.78 is 5.55. The van der Waals surface area contributed by atoms with Gasteiger partial charge in [0.25, 0.3) is 0 Å². The molecule has 1 heterocycles. The molecule has 0 atom stereocenters. The number of rotatable bonds is 7. The Morgan fingerprint density at radius 3 is 3.20 bits per heavy atom. The number of hydrogen-bond donors (Lipinski definition) is 1. The van der Waals surface area contributed by atoms with Gasteiger partial charge in [0.15, 0.2) is 0 Å². The summed E-state index contributed by atoms with van der Waals surface area (Å²) in [5.41, 5.74) is 1.10. The number of pyridine rings is 1. The summed E-state index contributed by atoms with van der Waals surface area (Å²) in [7, 11) is 0. The smallest absolute Gasteiger partial charge is 0.217 e. The molecular formula is C12H18N2O. The van der Waals surface area contributed by atoms with E-state index in [0.29, 0.717) is 6.61 Å². The molecule has 0 aliphatic carbocycles. The van der Waals surface area contributed by atoms with Crippen LogP contribution in [0.2, 0.25) is 0 Å². The van der Waals surface area contributed by atoms with Crippen molar-refractivity contribution < 1.29 is 4.74 Å². The Kier molecular flexibility index (Phi) is 5.48. The van der Waals surface area contributed by atoms with Crippen LogP contribution < -0.4 is 10.1 Å². The minimum absolute atomic E-state index is 0.639. The molecule has 15 heavy (non-hydrogen) atoms. The van der Waals surface area contributed by atoms with Gasteiger partial charge in [-0.3, -0.25) is 0 Å². The minimum atomic E-state index is 0.639. The second-order valence-electron chi connectivity index (χ2n) is 3.17. The lowest BCUT2D eigenvalue weighted by Gasteiger charge is -2.09. The van der Waals surface area contributed by atoms with Crippen molar-refractivity contribution in [2.75, 3.05) is 13.2 Å². The van der Waals surface area contributed by atoms with Crippen molar-refractivity contribution in [2.45, 2.75) is 19.9 Å². The van der Waals surface area contributed by atoms with Crippen molar-refractivity contribution in [1.82, 2.24) is 10.3 Å². The Morgan fingerprint density at radius 1 is 1.60 bits per heavy atom. The van der Waals surface area contributed by atoms with E-state index in [2.05, 4.69) is 23.8 Å². The molecule has 0 aromatic carbocycles. The summed E-state index contributed by atoms with van der Waals surface area (Å²) in [4.78, 5) is 4.21. The third-order valence-electron chi connectivity index (χ3n) is 1.98. The van der Waals surface area contributed by atoms with Gasteiger partial charge in [-0.15, -0.1) is 6.58 Å². The van der Waals surface area contributed by atoms with Crippen LogP contribution >= 0.6 is 0 Å². The molecule has 1 N–H and O–H groups in total. The zero-order valence-electron chi connectivity index (χ0n) is 9.20. The Labute approximate surface area is 91.2 Å². The maximum atomic E-state index is 5.55. The van der Waals surface area contributed by atoms with Crippen LogP contribution in [-0.2, 0) is 6.54 Å². The fourth-order valence-corrected chi connectivity index (χ4v) is 1.19. The van der Waals surface area contributed by atoms with Gasteiger partial charge in [-0.25, -0.2) is 4.98 Å². The first kappa shape index (κ1) is 11.7. The molecular weight excluding hydrogens is 188 g/mol. The van der Waals surface area contributed by atoms with Crippen molar-refractivity contribution >= 4 is 0 Å². The van der Waals surface area contributed by atoms with E-state index in [0.717, 1.165) is 31.0 Å². The van der Waals surface area contributed by atoms with E-state index in [1.165, 1.54) is 0 Å². The lowest BCUT2D eigenvalue weighted by atomic mass is 10.2. The molecule has 82 valence electrons. The van der Waals surface area contributed by atoms with Crippen molar-refractivity contribution in [3.05, 3.63) is 36.5 Å². The van der Waals surface area contributed by atoms with Gasteiger partial charge in [0.05, 0.1) is 6.61 Å². The molecule has 0 unspecified atom stereocenters. The highest BCUT2D eigenvalue weighted by Gasteiger charge is 2.02. The molecule has 1 aromatic heterocycles. The SMILES string of the molecule is C=CCCOc1ncccc1CNCC. The van der Waals surface area contributed by atoms with Crippen molar-refractivity contribution in [1.29, 1.82) is 0 Å². The number of ether oxygens (including phenoxy) is 1. The van der Waals surface area contributed by atoms with Crippen LogP contribution in [0.1, 0.15) is 18.9 Å². The molecule has 0 radical (unpaired) electrons. The van der Waals surface area contributed by atoms with Gasteiger partial charge in [-0.1, -0.05) is 19.1 Å². The predicted molar refractivity (Wildman–Crippen MR) is 61.9 cm³/mol. The molecule has 0 spiro atoms. The maximum Gasteiger partial charge on any atom is 0.217 e. The molecule has 0 bridgehead atoms. The quantitative estimate of drug-likeness (QED) is 0.548. The van der Waals surface area contributed by atoms with Crippen LogP contribution in [0, 0.1) is 0 Å². The van der Waals surface area contributed by atoms with Crippen molar-refractivity contribution in [3.63, 3.8) is 0 Å². The zero-order valence-corrected chi connectivity index (χ0v) is 9.20. The molecule has 0 amide bonds. The predicted octanol–water partition coefficient (Wildman–Crippen LogP) is 2.15.